The molecule has 0 aromatic heterocycles. The summed E-state index contributed by atoms with van der Waals surface area (Å²) in [5, 5.41) is 0. The van der Waals surface area contributed by atoms with E-state index in [1.54, 1.807) is 11.0 Å². The second-order valence-corrected chi connectivity index (χ2v) is 7.15. The van der Waals surface area contributed by atoms with Crippen LogP contribution in [-0.2, 0) is 14.2 Å². The molecule has 0 N–H and O–H groups in total. The van der Waals surface area contributed by atoms with Gasteiger partial charge in [-0.3, -0.25) is 0 Å². The molecule has 1 heterocycles. The molecule has 0 radical (unpaired) electrons. The van der Waals surface area contributed by atoms with Crippen molar-refractivity contribution >= 4 is 18.0 Å². The third kappa shape index (κ3) is 5.35. The van der Waals surface area contributed by atoms with Gasteiger partial charge in [0.15, 0.2) is 0 Å². The van der Waals surface area contributed by atoms with E-state index in [4.69, 9.17) is 14.2 Å². The quantitative estimate of drug-likeness (QED) is 0.587. The third-order valence-electron chi connectivity index (χ3n) is 3.90. The summed E-state index contributed by atoms with van der Waals surface area (Å²) >= 11 is 0. The minimum atomic E-state index is -0.664. The summed E-state index contributed by atoms with van der Waals surface area (Å²) in [5.41, 5.74) is -0.405. The zero-order valence-electron chi connectivity index (χ0n) is 16.2. The van der Waals surface area contributed by atoms with E-state index in [1.807, 2.05) is 20.8 Å². The van der Waals surface area contributed by atoms with Crippen LogP contribution in [0.25, 0.3) is 0 Å². The van der Waals surface area contributed by atoms with Gasteiger partial charge in [-0.1, -0.05) is 0 Å². The summed E-state index contributed by atoms with van der Waals surface area (Å²) in [6.45, 7) is 6.33. The Hall–Kier alpha value is -2.77. The number of hydrogen-bond acceptors (Lipinski definition) is 7. The molecule has 1 aliphatic rings. The summed E-state index contributed by atoms with van der Waals surface area (Å²) in [4.78, 5) is 37.5. The molecule has 0 aliphatic carbocycles. The molecule has 1 aromatic rings. The van der Waals surface area contributed by atoms with Gasteiger partial charge >= 0.3 is 18.0 Å². The highest BCUT2D eigenvalue weighted by molar-refractivity contribution is 6.03. The molecule has 0 unspecified atom stereocenters. The molecule has 2 rings (SSSR count). The van der Waals surface area contributed by atoms with Crippen molar-refractivity contribution in [2.24, 2.45) is 0 Å². The van der Waals surface area contributed by atoms with Gasteiger partial charge in [0, 0.05) is 13.0 Å². The molecule has 1 fully saturated rings. The van der Waals surface area contributed by atoms with Crippen LogP contribution in [-0.4, -0.2) is 61.9 Å². The molecular weight excluding hydrogens is 354 g/mol. The maximum absolute atomic E-state index is 12.1. The predicted octanol–water partition coefficient (Wildman–Crippen LogP) is 2.65. The van der Waals surface area contributed by atoms with Crippen LogP contribution in [0.5, 0.6) is 5.75 Å². The van der Waals surface area contributed by atoms with Crippen molar-refractivity contribution < 1.29 is 33.3 Å². The number of likely N-dealkylation sites (tertiary alicyclic amines) is 1. The highest BCUT2D eigenvalue weighted by Crippen LogP contribution is 2.24. The number of carbonyl (C=O) groups is 3. The largest absolute Gasteiger partial charge is 0.488 e. The predicted molar refractivity (Wildman–Crippen MR) is 96.0 cm³/mol. The highest BCUT2D eigenvalue weighted by atomic mass is 16.6. The maximum atomic E-state index is 12.1. The molecule has 8 nitrogen and oxygen atoms in total. The summed E-state index contributed by atoms with van der Waals surface area (Å²) in [6.07, 6.45) is 0.00262. The molecular formula is C19H25NO7. The molecule has 148 valence electrons. The number of esters is 2. The van der Waals surface area contributed by atoms with Gasteiger partial charge in [-0.15, -0.1) is 0 Å². The first-order valence-corrected chi connectivity index (χ1v) is 8.60. The van der Waals surface area contributed by atoms with E-state index in [1.165, 1.54) is 26.4 Å². The van der Waals surface area contributed by atoms with Crippen LogP contribution >= 0.6 is 0 Å². The first-order chi connectivity index (χ1) is 12.6. The Morgan fingerprint density at radius 1 is 1.04 bits per heavy atom. The topological polar surface area (TPSA) is 91.4 Å². The van der Waals surface area contributed by atoms with Crippen molar-refractivity contribution in [1.29, 1.82) is 0 Å². The third-order valence-corrected chi connectivity index (χ3v) is 3.90. The second-order valence-electron chi connectivity index (χ2n) is 7.15. The number of carbonyl (C=O) groups excluding carboxylic acids is 3. The van der Waals surface area contributed by atoms with Crippen LogP contribution in [0, 0.1) is 0 Å². The molecule has 8 heteroatoms. The molecule has 1 atom stereocenters. The van der Waals surface area contributed by atoms with E-state index >= 15 is 0 Å². The summed E-state index contributed by atoms with van der Waals surface area (Å²) < 4.78 is 20.6. The normalized spacial score (nSPS) is 16.6. The van der Waals surface area contributed by atoms with Gasteiger partial charge in [-0.25, -0.2) is 14.4 Å². The monoisotopic (exact) mass is 379 g/mol. The number of rotatable bonds is 4. The molecule has 27 heavy (non-hydrogen) atoms. The second kappa shape index (κ2) is 8.28. The van der Waals surface area contributed by atoms with Crippen LogP contribution in [0.3, 0.4) is 0 Å². The summed E-state index contributed by atoms with van der Waals surface area (Å²) in [5.74, 6) is -0.902. The fourth-order valence-corrected chi connectivity index (χ4v) is 2.67. The van der Waals surface area contributed by atoms with Crippen molar-refractivity contribution in [3.05, 3.63) is 29.3 Å². The summed E-state index contributed by atoms with van der Waals surface area (Å²) in [7, 11) is 2.46. The SMILES string of the molecule is COC(=O)c1ccc(O[C@@H]2CCN(C(=O)OC(C)(C)C)C2)cc1C(=O)OC. The lowest BCUT2D eigenvalue weighted by molar-refractivity contribution is 0.0275. The standard InChI is InChI=1S/C19H25NO7/c1-19(2,3)27-18(23)20-9-8-13(11-20)26-12-6-7-14(16(21)24-4)15(10-12)17(22)25-5/h6-7,10,13H,8-9,11H2,1-5H3/t13-/m1/s1. The van der Waals surface area contributed by atoms with Gasteiger partial charge in [0.1, 0.15) is 17.5 Å². The Bertz CT molecular complexity index is 723. The van der Waals surface area contributed by atoms with Crippen LogP contribution in [0.4, 0.5) is 4.79 Å². The zero-order chi connectivity index (χ0) is 20.2. The number of methoxy groups -OCH3 is 2. The van der Waals surface area contributed by atoms with E-state index < -0.39 is 17.5 Å². The Balaban J connectivity index is 2.09. The number of amides is 1. The lowest BCUT2D eigenvalue weighted by Crippen LogP contribution is -2.36. The van der Waals surface area contributed by atoms with Crippen LogP contribution in [0.2, 0.25) is 0 Å². The van der Waals surface area contributed by atoms with Gasteiger partial charge in [0.05, 0.1) is 31.9 Å². The van der Waals surface area contributed by atoms with E-state index in [9.17, 15) is 14.4 Å². The number of nitrogens with zero attached hydrogens (tertiary/aromatic N) is 1. The Kier molecular flexibility index (Phi) is 6.30. The minimum absolute atomic E-state index is 0.0591. The molecule has 0 spiro atoms. The Morgan fingerprint density at radius 3 is 2.26 bits per heavy atom. The maximum Gasteiger partial charge on any atom is 0.410 e. The van der Waals surface area contributed by atoms with Crippen LogP contribution in [0.15, 0.2) is 18.2 Å². The molecule has 1 aliphatic heterocycles. The van der Waals surface area contributed by atoms with Gasteiger partial charge in [0.25, 0.3) is 0 Å². The molecule has 0 saturated carbocycles. The van der Waals surface area contributed by atoms with E-state index in [0.717, 1.165) is 0 Å². The van der Waals surface area contributed by atoms with Crippen molar-refractivity contribution in [1.82, 2.24) is 4.90 Å². The minimum Gasteiger partial charge on any atom is -0.488 e. The molecule has 1 saturated heterocycles. The lowest BCUT2D eigenvalue weighted by atomic mass is 10.1. The van der Waals surface area contributed by atoms with E-state index in [2.05, 4.69) is 4.74 Å². The van der Waals surface area contributed by atoms with Crippen molar-refractivity contribution in [3.8, 4) is 5.75 Å². The van der Waals surface area contributed by atoms with Gasteiger partial charge < -0.3 is 23.8 Å². The summed E-state index contributed by atoms with van der Waals surface area (Å²) in [6, 6.07) is 4.47. The average molecular weight is 379 g/mol. The van der Waals surface area contributed by atoms with Crippen molar-refractivity contribution in [3.63, 3.8) is 0 Å². The smallest absolute Gasteiger partial charge is 0.410 e. The molecule has 1 aromatic carbocycles. The van der Waals surface area contributed by atoms with Gasteiger partial charge in [-0.2, -0.15) is 0 Å². The zero-order valence-corrected chi connectivity index (χ0v) is 16.2. The number of benzene rings is 1. The van der Waals surface area contributed by atoms with Gasteiger partial charge in [0.2, 0.25) is 0 Å². The van der Waals surface area contributed by atoms with Crippen molar-refractivity contribution in [2.45, 2.75) is 38.9 Å². The van der Waals surface area contributed by atoms with E-state index in [0.29, 0.717) is 25.3 Å². The Morgan fingerprint density at radius 2 is 1.67 bits per heavy atom. The van der Waals surface area contributed by atoms with E-state index in [-0.39, 0.29) is 23.3 Å². The van der Waals surface area contributed by atoms with Crippen molar-refractivity contribution in [2.75, 3.05) is 27.3 Å². The Labute approximate surface area is 158 Å². The first-order valence-electron chi connectivity index (χ1n) is 8.60. The van der Waals surface area contributed by atoms with Gasteiger partial charge in [-0.05, 0) is 39.0 Å². The molecule has 1 amide bonds. The fourth-order valence-electron chi connectivity index (χ4n) is 2.67. The lowest BCUT2D eigenvalue weighted by Gasteiger charge is -2.24. The first kappa shape index (κ1) is 20.5. The molecule has 0 bridgehead atoms. The van der Waals surface area contributed by atoms with Crippen LogP contribution < -0.4 is 4.74 Å². The fraction of sp³-hybridized carbons (Fsp3) is 0.526. The number of hydrogen-bond donors (Lipinski definition) is 0. The average Bonchev–Trinajstić information content (AvgIpc) is 3.07. The number of ether oxygens (including phenoxy) is 4. The highest BCUT2D eigenvalue weighted by Gasteiger charge is 2.31. The van der Waals surface area contributed by atoms with Crippen LogP contribution in [0.1, 0.15) is 47.9 Å².